The van der Waals surface area contributed by atoms with Crippen molar-refractivity contribution in [1.29, 1.82) is 5.41 Å². The van der Waals surface area contributed by atoms with Crippen LogP contribution in [-0.2, 0) is 9.63 Å². The first-order chi connectivity index (χ1) is 15.3. The predicted octanol–water partition coefficient (Wildman–Crippen LogP) is 4.44. The maximum absolute atomic E-state index is 12.5. The van der Waals surface area contributed by atoms with Gasteiger partial charge in [-0.3, -0.25) is 10.2 Å². The molecule has 8 nitrogen and oxygen atoms in total. The lowest BCUT2D eigenvalue weighted by molar-refractivity contribution is -0.114. The lowest BCUT2D eigenvalue weighted by Crippen LogP contribution is -2.38. The van der Waals surface area contributed by atoms with Crippen LogP contribution in [0.4, 0.5) is 0 Å². The molecule has 2 aromatic rings. The highest BCUT2D eigenvalue weighted by Crippen LogP contribution is 2.38. The molecule has 2 aliphatic rings. The summed E-state index contributed by atoms with van der Waals surface area (Å²) in [6.07, 6.45) is 3.08. The van der Waals surface area contributed by atoms with Gasteiger partial charge in [-0.1, -0.05) is 17.7 Å². The molecule has 4 rings (SSSR count). The van der Waals surface area contributed by atoms with E-state index in [4.69, 9.17) is 19.7 Å². The zero-order valence-electron chi connectivity index (χ0n) is 17.4. The Morgan fingerprint density at radius 3 is 2.62 bits per heavy atom. The number of amidine groups is 2. The number of carbonyl (C=O) groups is 2. The van der Waals surface area contributed by atoms with Gasteiger partial charge >= 0.3 is 5.97 Å². The van der Waals surface area contributed by atoms with E-state index in [9.17, 15) is 9.59 Å². The molecule has 0 spiro atoms. The first-order valence-corrected chi connectivity index (χ1v) is 10.3. The molecule has 162 valence electrons. The van der Waals surface area contributed by atoms with Gasteiger partial charge in [0.05, 0.1) is 22.7 Å². The number of allylic oxidation sites excluding steroid dienone is 1. The predicted molar refractivity (Wildman–Crippen MR) is 122 cm³/mol. The van der Waals surface area contributed by atoms with Gasteiger partial charge in [0.25, 0.3) is 5.91 Å². The Morgan fingerprint density at radius 2 is 1.94 bits per heavy atom. The van der Waals surface area contributed by atoms with Gasteiger partial charge in [-0.15, -0.1) is 5.06 Å². The van der Waals surface area contributed by atoms with E-state index in [1.165, 1.54) is 18.2 Å². The van der Waals surface area contributed by atoms with Crippen molar-refractivity contribution in [3.05, 3.63) is 75.0 Å². The number of aryl methyl sites for hydroxylation is 1. The van der Waals surface area contributed by atoms with E-state index in [1.54, 1.807) is 37.3 Å². The third-order valence-corrected chi connectivity index (χ3v) is 5.31. The Balaban J connectivity index is 1.64. The lowest BCUT2D eigenvalue weighted by atomic mass is 10.1. The van der Waals surface area contributed by atoms with Gasteiger partial charge in [-0.25, -0.2) is 4.79 Å². The van der Waals surface area contributed by atoms with E-state index in [2.05, 4.69) is 20.9 Å². The molecule has 0 aliphatic carbocycles. The molecule has 2 heterocycles. The van der Waals surface area contributed by atoms with Crippen molar-refractivity contribution >= 4 is 45.6 Å². The van der Waals surface area contributed by atoms with E-state index in [0.717, 1.165) is 5.56 Å². The van der Waals surface area contributed by atoms with Crippen molar-refractivity contribution in [2.75, 3.05) is 7.11 Å². The smallest absolute Gasteiger partial charge is 0.343 e. The Morgan fingerprint density at radius 1 is 1.22 bits per heavy atom. The molecule has 0 unspecified atom stereocenters. The average molecular weight is 496 g/mol. The summed E-state index contributed by atoms with van der Waals surface area (Å²) in [5.74, 6) is 0.0708. The number of nitrogens with zero attached hydrogens (tertiary/aromatic N) is 2. The number of methoxy groups -OCH3 is 1. The number of hydrogen-bond donors (Lipinski definition) is 1. The largest absolute Gasteiger partial charge is 0.493 e. The second-order valence-corrected chi connectivity index (χ2v) is 7.97. The number of benzene rings is 2. The minimum absolute atomic E-state index is 0.0511. The quantitative estimate of drug-likeness (QED) is 0.382. The van der Waals surface area contributed by atoms with Crippen LogP contribution in [0.1, 0.15) is 28.4 Å². The van der Waals surface area contributed by atoms with Gasteiger partial charge in [0.2, 0.25) is 0 Å². The second kappa shape index (κ2) is 8.43. The first kappa shape index (κ1) is 21.5. The van der Waals surface area contributed by atoms with Gasteiger partial charge < -0.3 is 14.3 Å². The molecule has 0 aromatic heterocycles. The van der Waals surface area contributed by atoms with E-state index >= 15 is 0 Å². The van der Waals surface area contributed by atoms with Crippen molar-refractivity contribution in [1.82, 2.24) is 5.06 Å². The van der Waals surface area contributed by atoms with E-state index < -0.39 is 11.9 Å². The second-order valence-electron chi connectivity index (χ2n) is 7.11. The normalized spacial score (nSPS) is 16.4. The molecule has 32 heavy (non-hydrogen) atoms. The minimum Gasteiger partial charge on any atom is -0.493 e. The highest BCUT2D eigenvalue weighted by molar-refractivity contribution is 9.10. The number of carbonyl (C=O) groups excluding carboxylic acids is 2. The molecular weight excluding hydrogens is 478 g/mol. The standard InChI is InChI=1S/C23H18BrN3O5/c1-12-4-6-15(7-5-12)23(29)31-20-17(24)10-14(11-18(20)30-3)9-16-21(25)27-19(26-22(16)28)8-13(2)32-27/h4-11,25H,1-3H3/b16-9-,25-21?. The van der Waals surface area contributed by atoms with Crippen LogP contribution in [0.2, 0.25) is 0 Å². The van der Waals surface area contributed by atoms with Gasteiger partial charge in [-0.05, 0) is 65.7 Å². The van der Waals surface area contributed by atoms with Crippen LogP contribution in [0.15, 0.2) is 63.3 Å². The summed E-state index contributed by atoms with van der Waals surface area (Å²) >= 11 is 3.40. The number of hydroxylamine groups is 2. The van der Waals surface area contributed by atoms with Crippen molar-refractivity contribution in [2.24, 2.45) is 4.99 Å². The molecule has 2 aliphatic heterocycles. The Bertz CT molecular complexity index is 1250. The van der Waals surface area contributed by atoms with Crippen LogP contribution in [0.5, 0.6) is 11.5 Å². The van der Waals surface area contributed by atoms with Crippen molar-refractivity contribution in [3.63, 3.8) is 0 Å². The highest BCUT2D eigenvalue weighted by Gasteiger charge is 2.34. The van der Waals surface area contributed by atoms with Crippen LogP contribution in [0, 0.1) is 12.3 Å². The maximum atomic E-state index is 12.5. The molecule has 9 heteroatoms. The number of amides is 1. The number of nitrogens with one attached hydrogen (secondary N) is 1. The Kier molecular flexibility index (Phi) is 5.67. The molecule has 1 N–H and O–H groups in total. The number of rotatable bonds is 4. The van der Waals surface area contributed by atoms with E-state index in [0.29, 0.717) is 21.4 Å². The molecule has 1 amide bonds. The fourth-order valence-electron chi connectivity index (χ4n) is 3.13. The zero-order chi connectivity index (χ0) is 23.0. The molecule has 0 radical (unpaired) electrons. The zero-order valence-corrected chi connectivity index (χ0v) is 19.0. The SMILES string of the molecule is COc1cc(/C=C2/C(=N)N3OC(C)=CC3=NC2=O)cc(Br)c1OC(=O)c1ccc(C)cc1. The summed E-state index contributed by atoms with van der Waals surface area (Å²) in [5, 5.41) is 9.51. The number of esters is 1. The summed E-state index contributed by atoms with van der Waals surface area (Å²) in [4.78, 5) is 34.4. The summed E-state index contributed by atoms with van der Waals surface area (Å²) in [5.41, 5.74) is 2.03. The topological polar surface area (TPSA) is 101 Å². The van der Waals surface area contributed by atoms with Crippen molar-refractivity contribution < 1.29 is 23.9 Å². The van der Waals surface area contributed by atoms with Crippen molar-refractivity contribution in [3.8, 4) is 11.5 Å². The van der Waals surface area contributed by atoms with Gasteiger partial charge in [0, 0.05) is 6.08 Å². The average Bonchev–Trinajstić information content (AvgIpc) is 3.13. The molecule has 2 aromatic carbocycles. The van der Waals surface area contributed by atoms with Crippen LogP contribution < -0.4 is 9.47 Å². The Labute approximate surface area is 192 Å². The molecule has 0 saturated carbocycles. The molecule has 0 saturated heterocycles. The first-order valence-electron chi connectivity index (χ1n) is 9.53. The summed E-state index contributed by atoms with van der Waals surface area (Å²) in [6, 6.07) is 10.3. The van der Waals surface area contributed by atoms with Crippen LogP contribution >= 0.6 is 15.9 Å². The number of aliphatic imine (C=N–C) groups is 1. The fourth-order valence-corrected chi connectivity index (χ4v) is 3.67. The number of ether oxygens (including phenoxy) is 2. The molecule has 0 bridgehead atoms. The molecule has 0 atom stereocenters. The molecular formula is C23H18BrN3O5. The summed E-state index contributed by atoms with van der Waals surface area (Å²) in [6.45, 7) is 3.64. The highest BCUT2D eigenvalue weighted by atomic mass is 79.9. The number of hydrogen-bond acceptors (Lipinski definition) is 6. The van der Waals surface area contributed by atoms with E-state index in [-0.39, 0.29) is 28.7 Å². The van der Waals surface area contributed by atoms with Crippen LogP contribution in [-0.4, -0.2) is 35.7 Å². The third kappa shape index (κ3) is 4.06. The maximum Gasteiger partial charge on any atom is 0.343 e. The monoisotopic (exact) mass is 495 g/mol. The summed E-state index contributed by atoms with van der Waals surface area (Å²) in [7, 11) is 1.44. The van der Waals surface area contributed by atoms with Crippen LogP contribution in [0.25, 0.3) is 6.08 Å². The van der Waals surface area contributed by atoms with Crippen LogP contribution in [0.3, 0.4) is 0 Å². The lowest BCUT2D eigenvalue weighted by Gasteiger charge is -2.23. The molecule has 0 fully saturated rings. The van der Waals surface area contributed by atoms with Crippen molar-refractivity contribution in [2.45, 2.75) is 13.8 Å². The van der Waals surface area contributed by atoms with Gasteiger partial charge in [0.15, 0.2) is 23.2 Å². The Hall–Kier alpha value is -3.72. The summed E-state index contributed by atoms with van der Waals surface area (Å²) < 4.78 is 11.4. The van der Waals surface area contributed by atoms with Gasteiger partial charge in [-0.2, -0.15) is 4.99 Å². The minimum atomic E-state index is -0.555. The third-order valence-electron chi connectivity index (χ3n) is 4.73. The van der Waals surface area contributed by atoms with Gasteiger partial charge in [0.1, 0.15) is 5.76 Å². The number of halogens is 1. The van der Waals surface area contributed by atoms with E-state index in [1.807, 2.05) is 19.1 Å². The number of fused-ring (bicyclic) bond motifs is 1. The fraction of sp³-hybridized carbons (Fsp3) is 0.130.